The van der Waals surface area contributed by atoms with Crippen LogP contribution in [0.25, 0.3) is 0 Å². The summed E-state index contributed by atoms with van der Waals surface area (Å²) in [5.74, 6) is 1.62. The van der Waals surface area contributed by atoms with Crippen molar-refractivity contribution in [3.63, 3.8) is 0 Å². The third-order valence-corrected chi connectivity index (χ3v) is 3.80. The maximum absolute atomic E-state index is 6.06. The van der Waals surface area contributed by atoms with E-state index >= 15 is 0 Å². The second kappa shape index (κ2) is 8.55. The van der Waals surface area contributed by atoms with Crippen molar-refractivity contribution in [3.05, 3.63) is 29.8 Å². The minimum Gasteiger partial charge on any atom is -0.494 e. The molecule has 21 heavy (non-hydrogen) atoms. The van der Waals surface area contributed by atoms with Crippen molar-refractivity contribution in [1.82, 2.24) is 4.90 Å². The predicted octanol–water partition coefficient (Wildman–Crippen LogP) is 2.95. The Balaban J connectivity index is 1.65. The molecule has 0 unspecified atom stereocenters. The zero-order valence-electron chi connectivity index (χ0n) is 13.1. The summed E-state index contributed by atoms with van der Waals surface area (Å²) in [4.78, 5) is 6.69. The molecule has 1 fully saturated rings. The van der Waals surface area contributed by atoms with Crippen LogP contribution in [0.2, 0.25) is 0 Å². The highest BCUT2D eigenvalue weighted by atomic mass is 16.5. The van der Waals surface area contributed by atoms with Gasteiger partial charge in [0.25, 0.3) is 0 Å². The van der Waals surface area contributed by atoms with Gasteiger partial charge in [0.2, 0.25) is 0 Å². The summed E-state index contributed by atoms with van der Waals surface area (Å²) in [6.07, 6.45) is 5.98. The van der Waals surface area contributed by atoms with Crippen LogP contribution >= 0.6 is 0 Å². The van der Waals surface area contributed by atoms with Gasteiger partial charge in [0.15, 0.2) is 5.96 Å². The molecule has 2 N–H and O–H groups in total. The molecule has 4 nitrogen and oxygen atoms in total. The van der Waals surface area contributed by atoms with E-state index < -0.39 is 0 Å². The Kier molecular flexibility index (Phi) is 6.38. The van der Waals surface area contributed by atoms with Crippen LogP contribution in [-0.2, 0) is 0 Å². The minimum atomic E-state index is 0.680. The summed E-state index contributed by atoms with van der Waals surface area (Å²) in [7, 11) is 0. The van der Waals surface area contributed by atoms with E-state index in [2.05, 4.69) is 28.9 Å². The van der Waals surface area contributed by atoms with Gasteiger partial charge in [-0.3, -0.25) is 4.99 Å². The summed E-state index contributed by atoms with van der Waals surface area (Å²) in [5, 5.41) is 0. The fourth-order valence-corrected chi connectivity index (χ4v) is 2.48. The normalized spacial score (nSPS) is 16.6. The number of benzene rings is 1. The average molecular weight is 289 g/mol. The van der Waals surface area contributed by atoms with Crippen LogP contribution in [0.5, 0.6) is 5.75 Å². The van der Waals surface area contributed by atoms with Gasteiger partial charge < -0.3 is 15.4 Å². The van der Waals surface area contributed by atoms with Crippen LogP contribution in [0.3, 0.4) is 0 Å². The first-order chi connectivity index (χ1) is 10.3. The zero-order valence-corrected chi connectivity index (χ0v) is 13.1. The Morgan fingerprint density at radius 2 is 1.81 bits per heavy atom. The van der Waals surface area contributed by atoms with Crippen LogP contribution in [0.1, 0.15) is 37.7 Å². The van der Waals surface area contributed by atoms with Gasteiger partial charge in [0, 0.05) is 26.1 Å². The van der Waals surface area contributed by atoms with E-state index in [1.54, 1.807) is 0 Å². The first-order valence-electron chi connectivity index (χ1n) is 8.00. The maximum Gasteiger partial charge on any atom is 0.191 e. The number of aliphatic imine (C=N–C) groups is 1. The van der Waals surface area contributed by atoms with Gasteiger partial charge in [0.05, 0.1) is 6.61 Å². The fourth-order valence-electron chi connectivity index (χ4n) is 2.48. The van der Waals surface area contributed by atoms with E-state index in [0.29, 0.717) is 12.6 Å². The largest absolute Gasteiger partial charge is 0.494 e. The van der Waals surface area contributed by atoms with Crippen molar-refractivity contribution in [2.45, 2.75) is 39.0 Å². The molecule has 4 heteroatoms. The molecule has 1 aromatic carbocycles. The van der Waals surface area contributed by atoms with Gasteiger partial charge in [-0.1, -0.05) is 30.5 Å². The van der Waals surface area contributed by atoms with Crippen LogP contribution < -0.4 is 10.5 Å². The van der Waals surface area contributed by atoms with Crippen molar-refractivity contribution < 1.29 is 4.74 Å². The molecule has 1 saturated heterocycles. The van der Waals surface area contributed by atoms with Crippen LogP contribution in [0.4, 0.5) is 0 Å². The number of likely N-dealkylation sites (tertiary alicyclic amines) is 1. The predicted molar refractivity (Wildman–Crippen MR) is 87.8 cm³/mol. The maximum atomic E-state index is 6.06. The second-order valence-corrected chi connectivity index (χ2v) is 5.66. The highest BCUT2D eigenvalue weighted by Crippen LogP contribution is 2.11. The first kappa shape index (κ1) is 15.7. The zero-order chi connectivity index (χ0) is 14.9. The molecule has 0 radical (unpaired) electrons. The lowest BCUT2D eigenvalue weighted by atomic mass is 10.2. The standard InChI is InChI=1S/C17H27N3O/c1-15-7-9-16(10-8-15)21-14-6-11-19-17(18)20-12-4-2-3-5-13-20/h7-10H,2-6,11-14H2,1H3,(H2,18,19). The molecule has 0 atom stereocenters. The summed E-state index contributed by atoms with van der Waals surface area (Å²) in [6.45, 7) is 5.59. The van der Waals surface area contributed by atoms with Crippen molar-refractivity contribution >= 4 is 5.96 Å². The number of aryl methyl sites for hydroxylation is 1. The second-order valence-electron chi connectivity index (χ2n) is 5.66. The van der Waals surface area contributed by atoms with Crippen molar-refractivity contribution in [2.75, 3.05) is 26.2 Å². The first-order valence-corrected chi connectivity index (χ1v) is 8.00. The Hall–Kier alpha value is -1.71. The molecule has 1 aromatic rings. The molecule has 0 aliphatic carbocycles. The quantitative estimate of drug-likeness (QED) is 0.515. The highest BCUT2D eigenvalue weighted by Gasteiger charge is 2.10. The molecule has 1 aliphatic heterocycles. The van der Waals surface area contributed by atoms with Crippen molar-refractivity contribution in [3.8, 4) is 5.75 Å². The number of guanidine groups is 1. The Labute approximate surface area is 128 Å². The summed E-state index contributed by atoms with van der Waals surface area (Å²) in [5.41, 5.74) is 7.31. The number of nitrogens with zero attached hydrogens (tertiary/aromatic N) is 2. The number of nitrogens with two attached hydrogens (primary N) is 1. The molecule has 0 spiro atoms. The third kappa shape index (κ3) is 5.66. The molecule has 2 rings (SSSR count). The average Bonchev–Trinajstić information content (AvgIpc) is 2.78. The SMILES string of the molecule is Cc1ccc(OCCCN=C(N)N2CCCCCC2)cc1. The smallest absolute Gasteiger partial charge is 0.191 e. The Morgan fingerprint density at radius 1 is 1.14 bits per heavy atom. The molecular weight excluding hydrogens is 262 g/mol. The van der Waals surface area contributed by atoms with Gasteiger partial charge in [0.1, 0.15) is 5.75 Å². The van der Waals surface area contributed by atoms with Crippen LogP contribution in [0, 0.1) is 6.92 Å². The molecule has 0 saturated carbocycles. The van der Waals surface area contributed by atoms with Crippen molar-refractivity contribution in [1.29, 1.82) is 0 Å². The van der Waals surface area contributed by atoms with E-state index in [9.17, 15) is 0 Å². The van der Waals surface area contributed by atoms with Gasteiger partial charge in [-0.15, -0.1) is 0 Å². The molecule has 1 heterocycles. The van der Waals surface area contributed by atoms with E-state index in [1.807, 2.05) is 12.1 Å². The number of rotatable bonds is 5. The fraction of sp³-hybridized carbons (Fsp3) is 0.588. The molecule has 0 aromatic heterocycles. The lowest BCUT2D eigenvalue weighted by Gasteiger charge is -2.21. The molecule has 1 aliphatic rings. The van der Waals surface area contributed by atoms with Gasteiger partial charge in [-0.2, -0.15) is 0 Å². The molecule has 0 amide bonds. The number of hydrogen-bond acceptors (Lipinski definition) is 2. The molecule has 116 valence electrons. The van der Waals surface area contributed by atoms with Crippen LogP contribution in [-0.4, -0.2) is 37.1 Å². The minimum absolute atomic E-state index is 0.680. The van der Waals surface area contributed by atoms with Gasteiger partial charge >= 0.3 is 0 Å². The lowest BCUT2D eigenvalue weighted by molar-refractivity contribution is 0.313. The Bertz CT molecular complexity index is 434. The van der Waals surface area contributed by atoms with Crippen molar-refractivity contribution in [2.24, 2.45) is 10.7 Å². The third-order valence-electron chi connectivity index (χ3n) is 3.80. The van der Waals surface area contributed by atoms with E-state index in [0.717, 1.165) is 31.8 Å². The van der Waals surface area contributed by atoms with Gasteiger partial charge in [-0.25, -0.2) is 0 Å². The topological polar surface area (TPSA) is 50.9 Å². The Morgan fingerprint density at radius 3 is 2.48 bits per heavy atom. The molecular formula is C17H27N3O. The van der Waals surface area contributed by atoms with E-state index in [-0.39, 0.29) is 0 Å². The number of hydrogen-bond donors (Lipinski definition) is 1. The van der Waals surface area contributed by atoms with E-state index in [1.165, 1.54) is 31.2 Å². The van der Waals surface area contributed by atoms with E-state index in [4.69, 9.17) is 10.5 Å². The lowest BCUT2D eigenvalue weighted by Crippen LogP contribution is -2.38. The monoisotopic (exact) mass is 289 g/mol. The summed E-state index contributed by atoms with van der Waals surface area (Å²) >= 11 is 0. The van der Waals surface area contributed by atoms with Crippen LogP contribution in [0.15, 0.2) is 29.3 Å². The number of ether oxygens (including phenoxy) is 1. The molecule has 0 bridgehead atoms. The highest BCUT2D eigenvalue weighted by molar-refractivity contribution is 5.78. The summed E-state index contributed by atoms with van der Waals surface area (Å²) in [6, 6.07) is 8.13. The van der Waals surface area contributed by atoms with Gasteiger partial charge in [-0.05, 0) is 31.9 Å². The summed E-state index contributed by atoms with van der Waals surface area (Å²) < 4.78 is 5.68.